The maximum atomic E-state index is 13.2. The highest BCUT2D eigenvalue weighted by Gasteiger charge is 2.35. The largest absolute Gasteiger partial charge is 0.494 e. The Morgan fingerprint density at radius 1 is 1.19 bits per heavy atom. The Labute approximate surface area is 226 Å². The number of anilines is 1. The van der Waals surface area contributed by atoms with E-state index in [9.17, 15) is 19.5 Å². The number of carboxylic acids is 1. The molecule has 192 valence electrons. The van der Waals surface area contributed by atoms with Crippen LogP contribution in [0.3, 0.4) is 0 Å². The summed E-state index contributed by atoms with van der Waals surface area (Å²) in [7, 11) is 3.08. The van der Waals surface area contributed by atoms with E-state index in [1.165, 1.54) is 11.9 Å². The van der Waals surface area contributed by atoms with E-state index in [0.29, 0.717) is 47.2 Å². The SMILES string of the molecule is COc1c(Br)cc(C[C@H](C(=O)O)N(C)C(=O)N2CCC(N3Cc4ccccc4NC3=O)CC2)cc1Br. The van der Waals surface area contributed by atoms with Crippen molar-refractivity contribution in [2.45, 2.75) is 37.9 Å². The van der Waals surface area contributed by atoms with Gasteiger partial charge >= 0.3 is 18.0 Å². The third-order valence-electron chi connectivity index (χ3n) is 6.78. The van der Waals surface area contributed by atoms with Crippen LogP contribution >= 0.6 is 31.9 Å². The number of carbonyl (C=O) groups is 3. The molecule has 0 bridgehead atoms. The zero-order chi connectivity index (χ0) is 26.0. The summed E-state index contributed by atoms with van der Waals surface area (Å²) in [4.78, 5) is 42.8. The lowest BCUT2D eigenvalue weighted by Crippen LogP contribution is -2.55. The maximum absolute atomic E-state index is 13.2. The number of halogens is 2. The van der Waals surface area contributed by atoms with Gasteiger partial charge in [0.1, 0.15) is 11.8 Å². The summed E-state index contributed by atoms with van der Waals surface area (Å²) >= 11 is 6.88. The maximum Gasteiger partial charge on any atom is 0.326 e. The van der Waals surface area contributed by atoms with Crippen molar-refractivity contribution < 1.29 is 24.2 Å². The molecule has 4 rings (SSSR count). The number of hydrogen-bond acceptors (Lipinski definition) is 4. The number of carbonyl (C=O) groups excluding carboxylic acids is 2. The molecule has 1 saturated heterocycles. The van der Waals surface area contributed by atoms with Crippen LogP contribution in [0.1, 0.15) is 24.0 Å². The Morgan fingerprint density at radius 2 is 1.83 bits per heavy atom. The van der Waals surface area contributed by atoms with Gasteiger partial charge in [-0.2, -0.15) is 0 Å². The van der Waals surface area contributed by atoms with Crippen molar-refractivity contribution in [3.05, 3.63) is 56.5 Å². The number of piperidine rings is 1. The molecular weight excluding hydrogens is 596 g/mol. The smallest absolute Gasteiger partial charge is 0.326 e. The van der Waals surface area contributed by atoms with Gasteiger partial charge in [-0.15, -0.1) is 0 Å². The standard InChI is InChI=1S/C25H28Br2N4O5/c1-29(21(23(32)33)13-15-11-18(26)22(36-2)19(27)12-15)25(35)30-9-7-17(8-10-30)31-14-16-5-3-4-6-20(16)28-24(31)34/h3-6,11-12,17,21H,7-10,13-14H2,1-2H3,(H,28,34)(H,32,33)/t21-/m1/s1. The van der Waals surface area contributed by atoms with Gasteiger partial charge in [-0.25, -0.2) is 14.4 Å². The fourth-order valence-corrected chi connectivity index (χ4v) is 6.39. The first kappa shape index (κ1) is 26.3. The van der Waals surface area contributed by atoms with Crippen LogP contribution in [0, 0.1) is 0 Å². The molecule has 0 unspecified atom stereocenters. The highest BCUT2D eigenvalue weighted by Crippen LogP contribution is 2.35. The predicted molar refractivity (Wildman–Crippen MR) is 142 cm³/mol. The molecule has 0 aromatic heterocycles. The number of amides is 4. The van der Waals surface area contributed by atoms with Gasteiger partial charge in [-0.05, 0) is 74.0 Å². The average molecular weight is 624 g/mol. The van der Waals surface area contributed by atoms with Crippen molar-refractivity contribution in [3.8, 4) is 5.75 Å². The number of aliphatic carboxylic acids is 1. The summed E-state index contributed by atoms with van der Waals surface area (Å²) in [6.45, 7) is 1.44. The Balaban J connectivity index is 1.39. The third-order valence-corrected chi connectivity index (χ3v) is 7.96. The molecule has 0 radical (unpaired) electrons. The van der Waals surface area contributed by atoms with Crippen molar-refractivity contribution in [3.63, 3.8) is 0 Å². The topological polar surface area (TPSA) is 102 Å². The van der Waals surface area contributed by atoms with E-state index in [1.54, 1.807) is 24.1 Å². The summed E-state index contributed by atoms with van der Waals surface area (Å²) in [6.07, 6.45) is 1.40. The highest BCUT2D eigenvalue weighted by atomic mass is 79.9. The summed E-state index contributed by atoms with van der Waals surface area (Å²) < 4.78 is 6.70. The monoisotopic (exact) mass is 622 g/mol. The summed E-state index contributed by atoms with van der Waals surface area (Å²) in [6, 6.07) is 9.85. The lowest BCUT2D eigenvalue weighted by Gasteiger charge is -2.41. The van der Waals surface area contributed by atoms with Crippen LogP contribution in [-0.2, 0) is 17.8 Å². The predicted octanol–water partition coefficient (Wildman–Crippen LogP) is 4.78. The van der Waals surface area contributed by atoms with E-state index in [0.717, 1.165) is 16.8 Å². The van der Waals surface area contributed by atoms with Crippen LogP contribution in [-0.4, -0.2) is 77.2 Å². The number of para-hydroxylation sites is 1. The number of nitrogens with zero attached hydrogens (tertiary/aromatic N) is 3. The van der Waals surface area contributed by atoms with Gasteiger partial charge in [0.2, 0.25) is 0 Å². The minimum absolute atomic E-state index is 0.0111. The first-order chi connectivity index (χ1) is 17.2. The Morgan fingerprint density at radius 3 is 2.44 bits per heavy atom. The number of rotatable bonds is 6. The van der Waals surface area contributed by atoms with Gasteiger partial charge in [0.15, 0.2) is 0 Å². The average Bonchev–Trinajstić information content (AvgIpc) is 2.86. The molecule has 0 spiro atoms. The van der Waals surface area contributed by atoms with E-state index in [4.69, 9.17) is 4.74 Å². The number of carboxylic acid groups (broad SMARTS) is 1. The molecule has 11 heteroatoms. The molecule has 0 saturated carbocycles. The van der Waals surface area contributed by atoms with E-state index in [-0.39, 0.29) is 24.5 Å². The molecule has 9 nitrogen and oxygen atoms in total. The molecule has 0 aliphatic carbocycles. The number of ether oxygens (including phenoxy) is 1. The summed E-state index contributed by atoms with van der Waals surface area (Å²) in [5.41, 5.74) is 2.65. The second-order valence-electron chi connectivity index (χ2n) is 8.98. The van der Waals surface area contributed by atoms with Crippen molar-refractivity contribution in [1.82, 2.24) is 14.7 Å². The molecule has 36 heavy (non-hydrogen) atoms. The van der Waals surface area contributed by atoms with Crippen LogP contribution in [0.4, 0.5) is 15.3 Å². The minimum atomic E-state index is -1.08. The van der Waals surface area contributed by atoms with Crippen molar-refractivity contribution >= 4 is 55.6 Å². The minimum Gasteiger partial charge on any atom is -0.494 e. The second-order valence-corrected chi connectivity index (χ2v) is 10.7. The normalized spacial score (nSPS) is 16.7. The lowest BCUT2D eigenvalue weighted by molar-refractivity contribution is -0.142. The number of nitrogens with one attached hydrogen (secondary N) is 1. The number of benzene rings is 2. The summed E-state index contributed by atoms with van der Waals surface area (Å²) in [5, 5.41) is 12.8. The van der Waals surface area contributed by atoms with Gasteiger partial charge in [-0.1, -0.05) is 18.2 Å². The number of likely N-dealkylation sites (N-methyl/N-ethyl adjacent to an activating group) is 1. The Bertz CT molecular complexity index is 1150. The van der Waals surface area contributed by atoms with Gasteiger partial charge in [-0.3, -0.25) is 0 Å². The Hall–Kier alpha value is -2.79. The molecule has 2 N–H and O–H groups in total. The van der Waals surface area contributed by atoms with Crippen molar-refractivity contribution in [1.29, 1.82) is 0 Å². The quantitative estimate of drug-likeness (QED) is 0.482. The number of methoxy groups -OCH3 is 1. The number of urea groups is 2. The van der Waals surface area contributed by atoms with Crippen molar-refractivity contribution in [2.24, 2.45) is 0 Å². The lowest BCUT2D eigenvalue weighted by atomic mass is 10.0. The van der Waals surface area contributed by atoms with E-state index >= 15 is 0 Å². The molecule has 4 amide bonds. The zero-order valence-corrected chi connectivity index (χ0v) is 23.2. The number of fused-ring (bicyclic) bond motifs is 1. The molecule has 2 aromatic rings. The van der Waals surface area contributed by atoms with Gasteiger partial charge in [0, 0.05) is 44.8 Å². The van der Waals surface area contributed by atoms with Crippen LogP contribution < -0.4 is 10.1 Å². The van der Waals surface area contributed by atoms with E-state index < -0.39 is 12.0 Å². The molecular formula is C25H28Br2N4O5. The summed E-state index contributed by atoms with van der Waals surface area (Å²) in [5.74, 6) is -0.462. The molecule has 2 heterocycles. The molecule has 2 aliphatic heterocycles. The number of hydrogen-bond donors (Lipinski definition) is 2. The molecule has 1 atom stereocenters. The van der Waals surface area contributed by atoms with Gasteiger partial charge < -0.3 is 29.9 Å². The first-order valence-corrected chi connectivity index (χ1v) is 13.2. The van der Waals surface area contributed by atoms with Crippen molar-refractivity contribution in [2.75, 3.05) is 32.6 Å². The molecule has 2 aliphatic rings. The zero-order valence-electron chi connectivity index (χ0n) is 20.0. The number of likely N-dealkylation sites (tertiary alicyclic amines) is 1. The molecule has 1 fully saturated rings. The molecule has 2 aromatic carbocycles. The Kier molecular flexibility index (Phi) is 8.09. The van der Waals surface area contributed by atoms with E-state index in [2.05, 4.69) is 37.2 Å². The fraction of sp³-hybridized carbons (Fsp3) is 0.400. The van der Waals surface area contributed by atoms with Crippen LogP contribution in [0.2, 0.25) is 0 Å². The highest BCUT2D eigenvalue weighted by molar-refractivity contribution is 9.11. The van der Waals surface area contributed by atoms with Crippen LogP contribution in [0.5, 0.6) is 5.75 Å². The van der Waals surface area contributed by atoms with Gasteiger partial charge in [0.05, 0.1) is 16.1 Å². The first-order valence-electron chi connectivity index (χ1n) is 11.6. The second kappa shape index (κ2) is 11.1. The van der Waals surface area contributed by atoms with E-state index in [1.807, 2.05) is 29.2 Å². The van der Waals surface area contributed by atoms with Crippen LogP contribution in [0.15, 0.2) is 45.3 Å². The third kappa shape index (κ3) is 5.46. The van der Waals surface area contributed by atoms with Crippen LogP contribution in [0.25, 0.3) is 0 Å². The van der Waals surface area contributed by atoms with Gasteiger partial charge in [0.25, 0.3) is 0 Å². The fourth-order valence-electron chi connectivity index (χ4n) is 4.78.